The summed E-state index contributed by atoms with van der Waals surface area (Å²) in [4.78, 5) is 0. The molecule has 5 heteroatoms. The number of furan rings is 1. The Morgan fingerprint density at radius 3 is 2.84 bits per heavy atom. The Morgan fingerprint density at radius 1 is 1.37 bits per heavy atom. The topological polar surface area (TPSA) is 45.4 Å². The summed E-state index contributed by atoms with van der Waals surface area (Å²) in [5, 5.41) is 12.3. The van der Waals surface area contributed by atoms with Gasteiger partial charge in [0.2, 0.25) is 0 Å². The van der Waals surface area contributed by atoms with Crippen LogP contribution in [0.25, 0.3) is 11.3 Å². The van der Waals surface area contributed by atoms with Crippen molar-refractivity contribution in [3.8, 4) is 11.3 Å². The quantitative estimate of drug-likeness (QED) is 0.886. The maximum atomic E-state index is 13.1. The highest BCUT2D eigenvalue weighted by Crippen LogP contribution is 2.26. The van der Waals surface area contributed by atoms with Gasteiger partial charge in [0.05, 0.1) is 17.7 Å². The molecule has 102 valence electrons. The molecule has 0 bridgehead atoms. The first-order valence-electron chi connectivity index (χ1n) is 5.99. The summed E-state index contributed by atoms with van der Waals surface area (Å²) in [6, 6.07) is 8.10. The second-order valence-electron chi connectivity index (χ2n) is 4.37. The number of aliphatic hydroxyl groups excluding tert-OH is 1. The molecule has 0 radical (unpaired) electrons. The average Bonchev–Trinajstić information content (AvgIpc) is 2.81. The lowest BCUT2D eigenvalue weighted by Gasteiger charge is -2.04. The van der Waals surface area contributed by atoms with E-state index >= 15 is 0 Å². The van der Waals surface area contributed by atoms with Crippen LogP contribution in [0.4, 0.5) is 4.39 Å². The lowest BCUT2D eigenvalue weighted by molar-refractivity contribution is 0.190. The Kier molecular flexibility index (Phi) is 4.58. The molecule has 0 saturated heterocycles. The lowest BCUT2D eigenvalue weighted by Crippen LogP contribution is -2.23. The Bertz CT molecular complexity index is 554. The minimum Gasteiger partial charge on any atom is -0.460 e. The van der Waals surface area contributed by atoms with Crippen molar-refractivity contribution >= 4 is 11.6 Å². The molecule has 1 heterocycles. The highest BCUT2D eigenvalue weighted by molar-refractivity contribution is 6.31. The summed E-state index contributed by atoms with van der Waals surface area (Å²) < 4.78 is 18.7. The Labute approximate surface area is 116 Å². The van der Waals surface area contributed by atoms with Crippen LogP contribution < -0.4 is 5.32 Å². The van der Waals surface area contributed by atoms with Gasteiger partial charge in [0.25, 0.3) is 0 Å². The molecule has 0 amide bonds. The average molecular weight is 284 g/mol. The number of hydrogen-bond acceptors (Lipinski definition) is 3. The zero-order valence-corrected chi connectivity index (χ0v) is 11.2. The molecule has 1 atom stereocenters. The first-order valence-corrected chi connectivity index (χ1v) is 6.37. The van der Waals surface area contributed by atoms with Gasteiger partial charge >= 0.3 is 0 Å². The molecule has 0 fully saturated rings. The first kappa shape index (κ1) is 14.1. The van der Waals surface area contributed by atoms with E-state index in [9.17, 15) is 4.39 Å². The van der Waals surface area contributed by atoms with E-state index in [2.05, 4.69) is 5.32 Å². The summed E-state index contributed by atoms with van der Waals surface area (Å²) in [6.45, 7) is 2.74. The van der Waals surface area contributed by atoms with E-state index < -0.39 is 11.9 Å². The molecule has 19 heavy (non-hydrogen) atoms. The maximum absolute atomic E-state index is 13.1. The predicted molar refractivity (Wildman–Crippen MR) is 72.5 cm³/mol. The fourth-order valence-corrected chi connectivity index (χ4v) is 1.86. The van der Waals surface area contributed by atoms with Crippen LogP contribution in [0, 0.1) is 5.82 Å². The summed E-state index contributed by atoms with van der Waals surface area (Å²) in [6.07, 6.45) is -0.398. The van der Waals surface area contributed by atoms with Gasteiger partial charge in [-0.3, -0.25) is 0 Å². The van der Waals surface area contributed by atoms with E-state index in [1.165, 1.54) is 12.1 Å². The third-order valence-corrected chi connectivity index (χ3v) is 2.89. The van der Waals surface area contributed by atoms with E-state index in [4.69, 9.17) is 21.1 Å². The van der Waals surface area contributed by atoms with Crippen LogP contribution in [0.5, 0.6) is 0 Å². The van der Waals surface area contributed by atoms with Crippen LogP contribution in [-0.4, -0.2) is 17.8 Å². The molecular formula is C14H15ClFNO2. The van der Waals surface area contributed by atoms with Crippen molar-refractivity contribution in [3.63, 3.8) is 0 Å². The van der Waals surface area contributed by atoms with Crippen LogP contribution in [0.3, 0.4) is 0 Å². The van der Waals surface area contributed by atoms with Gasteiger partial charge in [-0.15, -0.1) is 0 Å². The molecule has 0 spiro atoms. The summed E-state index contributed by atoms with van der Waals surface area (Å²) in [5.41, 5.74) is 0.730. The van der Waals surface area contributed by atoms with E-state index in [1.807, 2.05) is 12.1 Å². The van der Waals surface area contributed by atoms with E-state index in [-0.39, 0.29) is 5.02 Å². The SMILES string of the molecule is CC(O)CNCc1ccc(-c2ccc(F)c(Cl)c2)o1. The van der Waals surface area contributed by atoms with Gasteiger partial charge in [-0.25, -0.2) is 4.39 Å². The molecule has 1 unspecified atom stereocenters. The van der Waals surface area contributed by atoms with Crippen LogP contribution in [0.15, 0.2) is 34.7 Å². The highest BCUT2D eigenvalue weighted by Gasteiger charge is 2.07. The summed E-state index contributed by atoms with van der Waals surface area (Å²) in [5.74, 6) is 0.933. The second kappa shape index (κ2) is 6.19. The molecule has 1 aromatic carbocycles. The standard InChI is InChI=1S/C14H15ClFNO2/c1-9(18)7-17-8-11-3-5-14(19-11)10-2-4-13(16)12(15)6-10/h2-6,9,17-18H,7-8H2,1H3. The van der Waals surface area contributed by atoms with Gasteiger partial charge < -0.3 is 14.8 Å². The predicted octanol–water partition coefficient (Wildman–Crippen LogP) is 3.21. The normalized spacial score (nSPS) is 12.6. The van der Waals surface area contributed by atoms with Crippen LogP contribution in [0.2, 0.25) is 5.02 Å². The lowest BCUT2D eigenvalue weighted by atomic mass is 10.2. The summed E-state index contributed by atoms with van der Waals surface area (Å²) >= 11 is 5.73. The van der Waals surface area contributed by atoms with Gasteiger partial charge in [0, 0.05) is 12.1 Å². The molecule has 1 aromatic heterocycles. The third-order valence-electron chi connectivity index (χ3n) is 2.60. The van der Waals surface area contributed by atoms with Crippen LogP contribution in [-0.2, 0) is 6.54 Å². The smallest absolute Gasteiger partial charge is 0.141 e. The Morgan fingerprint density at radius 2 is 2.16 bits per heavy atom. The molecule has 2 N–H and O–H groups in total. The van der Waals surface area contributed by atoms with Gasteiger partial charge in [-0.2, -0.15) is 0 Å². The Balaban J connectivity index is 2.05. The molecule has 0 aliphatic heterocycles. The molecule has 0 saturated carbocycles. The number of nitrogens with one attached hydrogen (secondary N) is 1. The van der Waals surface area contributed by atoms with E-state index in [0.717, 1.165) is 11.3 Å². The number of halogens is 2. The van der Waals surface area contributed by atoms with Crippen LogP contribution in [0.1, 0.15) is 12.7 Å². The Hall–Kier alpha value is -1.36. The van der Waals surface area contributed by atoms with Crippen molar-refractivity contribution in [1.82, 2.24) is 5.32 Å². The third kappa shape index (κ3) is 3.80. The fourth-order valence-electron chi connectivity index (χ4n) is 1.68. The molecule has 2 aromatic rings. The van der Waals surface area contributed by atoms with Crippen LogP contribution >= 0.6 is 11.6 Å². The van der Waals surface area contributed by atoms with Crippen molar-refractivity contribution in [1.29, 1.82) is 0 Å². The minimum absolute atomic E-state index is 0.0719. The van der Waals surface area contributed by atoms with Crippen molar-refractivity contribution in [2.75, 3.05) is 6.54 Å². The van der Waals surface area contributed by atoms with Crippen molar-refractivity contribution in [2.24, 2.45) is 0 Å². The maximum Gasteiger partial charge on any atom is 0.141 e. The van der Waals surface area contributed by atoms with E-state index in [0.29, 0.717) is 18.8 Å². The fraction of sp³-hybridized carbons (Fsp3) is 0.286. The van der Waals surface area contributed by atoms with Crippen molar-refractivity contribution in [2.45, 2.75) is 19.6 Å². The number of benzene rings is 1. The van der Waals surface area contributed by atoms with Gasteiger partial charge in [0.1, 0.15) is 17.3 Å². The van der Waals surface area contributed by atoms with E-state index in [1.54, 1.807) is 13.0 Å². The molecule has 0 aliphatic carbocycles. The number of aliphatic hydroxyl groups is 1. The first-order chi connectivity index (χ1) is 9.06. The second-order valence-corrected chi connectivity index (χ2v) is 4.78. The molecule has 3 nitrogen and oxygen atoms in total. The van der Waals surface area contributed by atoms with Gasteiger partial charge in [0.15, 0.2) is 0 Å². The van der Waals surface area contributed by atoms with Crippen molar-refractivity contribution < 1.29 is 13.9 Å². The van der Waals surface area contributed by atoms with Gasteiger partial charge in [-0.1, -0.05) is 11.6 Å². The minimum atomic E-state index is -0.448. The monoisotopic (exact) mass is 283 g/mol. The molecular weight excluding hydrogens is 269 g/mol. The number of rotatable bonds is 5. The number of hydrogen-bond donors (Lipinski definition) is 2. The highest BCUT2D eigenvalue weighted by atomic mass is 35.5. The molecule has 2 rings (SSSR count). The zero-order chi connectivity index (χ0) is 13.8. The largest absolute Gasteiger partial charge is 0.460 e. The summed E-state index contributed by atoms with van der Waals surface area (Å²) in [7, 11) is 0. The van der Waals surface area contributed by atoms with Gasteiger partial charge in [-0.05, 0) is 37.3 Å². The zero-order valence-electron chi connectivity index (χ0n) is 10.5. The van der Waals surface area contributed by atoms with Crippen molar-refractivity contribution in [3.05, 3.63) is 46.9 Å². The molecule has 0 aliphatic rings.